The third-order valence-corrected chi connectivity index (χ3v) is 8.03. The molecule has 0 spiro atoms. The number of carbonyl (C=O) groups excluding carboxylic acids is 1. The van der Waals surface area contributed by atoms with Gasteiger partial charge in [-0.2, -0.15) is 0 Å². The van der Waals surface area contributed by atoms with Gasteiger partial charge >= 0.3 is 0 Å². The quantitative estimate of drug-likeness (QED) is 0.292. The zero-order valence-corrected chi connectivity index (χ0v) is 22.8. The molecule has 202 valence electrons. The fraction of sp³-hybridized carbons (Fsp3) is 0.300. The van der Waals surface area contributed by atoms with E-state index in [-0.39, 0.29) is 30.6 Å². The normalized spacial score (nSPS) is 21.0. The van der Waals surface area contributed by atoms with Crippen molar-refractivity contribution in [3.63, 3.8) is 0 Å². The topological polar surface area (TPSA) is 98.5 Å². The summed E-state index contributed by atoms with van der Waals surface area (Å²) in [6.45, 7) is 2.57. The van der Waals surface area contributed by atoms with E-state index in [0.29, 0.717) is 17.9 Å². The van der Waals surface area contributed by atoms with E-state index in [1.807, 2.05) is 78.3 Å². The molecule has 3 aromatic carbocycles. The van der Waals surface area contributed by atoms with Crippen LogP contribution in [0.2, 0.25) is 0 Å². The molecule has 1 fully saturated rings. The maximum absolute atomic E-state index is 12.4. The number of thioether (sulfide) groups is 1. The number of aliphatic hydroxyl groups excluding tert-OH is 1. The van der Waals surface area contributed by atoms with Crippen molar-refractivity contribution in [3.05, 3.63) is 113 Å². The number of aryl methyl sites for hydroxylation is 1. The fourth-order valence-electron chi connectivity index (χ4n) is 4.54. The van der Waals surface area contributed by atoms with E-state index >= 15 is 0 Å². The van der Waals surface area contributed by atoms with Gasteiger partial charge in [0.15, 0.2) is 11.4 Å². The molecule has 4 aromatic rings. The molecule has 1 saturated heterocycles. The van der Waals surface area contributed by atoms with Gasteiger partial charge in [-0.15, -0.1) is 10.2 Å². The van der Waals surface area contributed by atoms with E-state index < -0.39 is 6.29 Å². The number of benzene rings is 3. The van der Waals surface area contributed by atoms with Crippen molar-refractivity contribution >= 4 is 17.7 Å². The third kappa shape index (κ3) is 6.57. The van der Waals surface area contributed by atoms with Gasteiger partial charge in [-0.1, -0.05) is 85.4 Å². The van der Waals surface area contributed by atoms with Crippen molar-refractivity contribution in [2.75, 3.05) is 5.75 Å². The Labute approximate surface area is 232 Å². The van der Waals surface area contributed by atoms with Crippen LogP contribution in [0.5, 0.6) is 0 Å². The summed E-state index contributed by atoms with van der Waals surface area (Å²) in [5.41, 5.74) is 4.43. The summed E-state index contributed by atoms with van der Waals surface area (Å²) in [4.78, 5) is 12.4. The molecule has 0 bridgehead atoms. The molecule has 0 unspecified atom stereocenters. The minimum absolute atomic E-state index is 0.00219. The van der Waals surface area contributed by atoms with Crippen molar-refractivity contribution in [2.24, 2.45) is 13.0 Å². The fourth-order valence-corrected chi connectivity index (χ4v) is 5.59. The molecular formula is C30H32N4O4S. The van der Waals surface area contributed by atoms with Gasteiger partial charge in [0.2, 0.25) is 0 Å². The van der Waals surface area contributed by atoms with E-state index in [1.54, 1.807) is 30.2 Å². The van der Waals surface area contributed by atoms with Crippen LogP contribution >= 0.6 is 11.8 Å². The summed E-state index contributed by atoms with van der Waals surface area (Å²) in [7, 11) is 1.93. The van der Waals surface area contributed by atoms with Crippen LogP contribution < -0.4 is 5.32 Å². The van der Waals surface area contributed by atoms with Crippen LogP contribution in [0.25, 0.3) is 0 Å². The van der Waals surface area contributed by atoms with Crippen LogP contribution in [0.3, 0.4) is 0 Å². The number of nitrogens with zero attached hydrogens (tertiary/aromatic N) is 3. The second kappa shape index (κ2) is 12.6. The first-order chi connectivity index (χ1) is 19.0. The molecule has 8 nitrogen and oxygen atoms in total. The zero-order valence-electron chi connectivity index (χ0n) is 21.9. The largest absolute Gasteiger partial charge is 0.392 e. The Bertz CT molecular complexity index is 1360. The maximum Gasteiger partial charge on any atom is 0.251 e. The summed E-state index contributed by atoms with van der Waals surface area (Å²) in [6, 6.07) is 25.0. The predicted molar refractivity (Wildman–Crippen MR) is 149 cm³/mol. The van der Waals surface area contributed by atoms with Crippen LogP contribution in [-0.4, -0.2) is 37.6 Å². The van der Waals surface area contributed by atoms with Crippen molar-refractivity contribution in [2.45, 2.75) is 43.7 Å². The van der Waals surface area contributed by atoms with Crippen molar-refractivity contribution in [1.82, 2.24) is 20.1 Å². The van der Waals surface area contributed by atoms with Gasteiger partial charge in [-0.25, -0.2) is 0 Å². The number of aliphatic hydroxyl groups is 1. The Balaban J connectivity index is 1.30. The number of carbonyl (C=O) groups is 1. The average molecular weight is 545 g/mol. The molecule has 4 atom stereocenters. The number of aromatic nitrogens is 3. The van der Waals surface area contributed by atoms with E-state index in [9.17, 15) is 9.90 Å². The molecule has 1 aromatic heterocycles. The van der Waals surface area contributed by atoms with Gasteiger partial charge in [0, 0.05) is 36.4 Å². The molecule has 1 amide bonds. The van der Waals surface area contributed by atoms with Gasteiger partial charge < -0.3 is 24.5 Å². The van der Waals surface area contributed by atoms with Gasteiger partial charge in [0.1, 0.15) is 6.33 Å². The minimum atomic E-state index is -0.554. The Hall–Kier alpha value is -3.50. The monoisotopic (exact) mass is 544 g/mol. The summed E-state index contributed by atoms with van der Waals surface area (Å²) in [6.07, 6.45) is 0.848. The number of hydrogen-bond acceptors (Lipinski definition) is 7. The maximum atomic E-state index is 12.4. The van der Waals surface area contributed by atoms with E-state index in [2.05, 4.69) is 22.4 Å². The lowest BCUT2D eigenvalue weighted by molar-refractivity contribution is -0.268. The number of amides is 1. The van der Waals surface area contributed by atoms with E-state index in [4.69, 9.17) is 9.47 Å². The lowest BCUT2D eigenvalue weighted by Gasteiger charge is -2.41. The van der Waals surface area contributed by atoms with Crippen LogP contribution in [0.1, 0.15) is 51.9 Å². The highest BCUT2D eigenvalue weighted by atomic mass is 32.2. The second-order valence-electron chi connectivity index (χ2n) is 9.65. The molecule has 5 rings (SSSR count). The van der Waals surface area contributed by atoms with Gasteiger partial charge in [0.05, 0.1) is 18.8 Å². The van der Waals surface area contributed by atoms with E-state index in [0.717, 1.165) is 27.4 Å². The summed E-state index contributed by atoms with van der Waals surface area (Å²) in [5.74, 6) is 0.669. The molecular weight excluding hydrogens is 512 g/mol. The highest BCUT2D eigenvalue weighted by Gasteiger charge is 2.38. The van der Waals surface area contributed by atoms with Crippen LogP contribution in [0.15, 0.2) is 90.3 Å². The first-order valence-electron chi connectivity index (χ1n) is 12.9. The smallest absolute Gasteiger partial charge is 0.251 e. The Morgan fingerprint density at radius 2 is 1.67 bits per heavy atom. The summed E-state index contributed by atoms with van der Waals surface area (Å²) >= 11 is 1.61. The molecule has 2 heterocycles. The number of hydrogen-bond donors (Lipinski definition) is 2. The third-order valence-electron chi connectivity index (χ3n) is 6.91. The predicted octanol–water partition coefficient (Wildman–Crippen LogP) is 4.82. The molecule has 0 radical (unpaired) electrons. The molecule has 1 aliphatic rings. The van der Waals surface area contributed by atoms with Crippen molar-refractivity contribution in [1.29, 1.82) is 0 Å². The summed E-state index contributed by atoms with van der Waals surface area (Å²) in [5, 5.41) is 21.4. The lowest BCUT2D eigenvalue weighted by Crippen LogP contribution is -2.38. The SMILES string of the molecule is C[C@H]1[C@@H](CSc2nncn2C)O[C@@H](c2ccc(CNC(=O)c3ccccc3)cc2)O[C@H]1c1ccc(CO)cc1. The number of nitrogens with one attached hydrogen (secondary N) is 1. The van der Waals surface area contributed by atoms with Crippen molar-refractivity contribution < 1.29 is 19.4 Å². The standard InChI is InChI=1S/C30H32N4O4S/c1-20-26(18-39-30-33-32-19-34(30)2)37-29(38-27(20)23-12-10-22(17-35)11-13-23)25-14-8-21(9-15-25)16-31-28(36)24-6-4-3-5-7-24/h3-15,19-20,26-27,29,35H,16-18H2,1-2H3,(H,31,36)/t20-,26+,27+,29+/m0/s1. The molecule has 9 heteroatoms. The van der Waals surface area contributed by atoms with Crippen LogP contribution in [0, 0.1) is 5.92 Å². The van der Waals surface area contributed by atoms with E-state index in [1.165, 1.54) is 0 Å². The van der Waals surface area contributed by atoms with Crippen LogP contribution in [0.4, 0.5) is 0 Å². The van der Waals surface area contributed by atoms with Gasteiger partial charge in [-0.3, -0.25) is 4.79 Å². The average Bonchev–Trinajstić information content (AvgIpc) is 3.40. The highest BCUT2D eigenvalue weighted by Crippen LogP contribution is 2.42. The zero-order chi connectivity index (χ0) is 27.2. The molecule has 39 heavy (non-hydrogen) atoms. The summed E-state index contributed by atoms with van der Waals surface area (Å²) < 4.78 is 14.9. The van der Waals surface area contributed by atoms with Crippen molar-refractivity contribution in [3.8, 4) is 0 Å². The van der Waals surface area contributed by atoms with Gasteiger partial charge in [0.25, 0.3) is 5.91 Å². The molecule has 1 aliphatic heterocycles. The Kier molecular flexibility index (Phi) is 8.73. The van der Waals surface area contributed by atoms with Crippen LogP contribution in [-0.2, 0) is 29.7 Å². The van der Waals surface area contributed by atoms with Gasteiger partial charge in [-0.05, 0) is 28.8 Å². The molecule has 0 aliphatic carbocycles. The molecule has 0 saturated carbocycles. The number of rotatable bonds is 9. The Morgan fingerprint density at radius 1 is 0.974 bits per heavy atom. The molecule has 2 N–H and O–H groups in total. The first-order valence-corrected chi connectivity index (χ1v) is 13.9. The minimum Gasteiger partial charge on any atom is -0.392 e. The second-order valence-corrected chi connectivity index (χ2v) is 10.6. The Morgan fingerprint density at radius 3 is 2.33 bits per heavy atom. The number of ether oxygens (including phenoxy) is 2. The first kappa shape index (κ1) is 27.1. The lowest BCUT2D eigenvalue weighted by atomic mass is 9.91. The highest BCUT2D eigenvalue weighted by molar-refractivity contribution is 7.99.